The van der Waals surface area contributed by atoms with Crippen molar-refractivity contribution in [2.75, 3.05) is 0 Å². The minimum absolute atomic E-state index is 0.0243. The van der Waals surface area contributed by atoms with Gasteiger partial charge in [-0.25, -0.2) is 0 Å². The van der Waals surface area contributed by atoms with Crippen molar-refractivity contribution in [3.8, 4) is 0 Å². The van der Waals surface area contributed by atoms with Crippen LogP contribution in [0.4, 0.5) is 4.79 Å². The Morgan fingerprint density at radius 1 is 1.00 bits per heavy atom. The van der Waals surface area contributed by atoms with Gasteiger partial charge in [-0.15, -0.1) is 0 Å². The molecular formula is C8H11Ge2O7. The molecule has 0 spiro atoms. The van der Waals surface area contributed by atoms with Crippen LogP contribution in [-0.4, -0.2) is 59.4 Å². The average molecular weight is 364 g/mol. The summed E-state index contributed by atoms with van der Waals surface area (Å²) in [5.74, 6) is -2.25. The predicted molar refractivity (Wildman–Crippen MR) is 58.5 cm³/mol. The third-order valence-electron chi connectivity index (χ3n) is 1.86. The average Bonchev–Trinajstić information content (AvgIpc) is 2.25. The van der Waals surface area contributed by atoms with E-state index in [4.69, 9.17) is 10.2 Å². The fourth-order valence-electron chi connectivity index (χ4n) is 0.981. The standard InChI is InChI=1S/C8H11Ge2O7/c11-5-9(3-1-6(12)13)8(16)10(17)4-2-7(14)15/h5H,1-4H2,(H,12,13)(H,14,15). The maximum atomic E-state index is 11.5. The van der Waals surface area contributed by atoms with Crippen LogP contribution in [0.2, 0.25) is 10.5 Å². The van der Waals surface area contributed by atoms with Gasteiger partial charge in [0.05, 0.1) is 0 Å². The molecule has 7 nitrogen and oxygen atoms in total. The van der Waals surface area contributed by atoms with E-state index in [2.05, 4.69) is 0 Å². The van der Waals surface area contributed by atoms with Crippen LogP contribution in [0.3, 0.4) is 0 Å². The van der Waals surface area contributed by atoms with Crippen molar-refractivity contribution < 1.29 is 33.2 Å². The van der Waals surface area contributed by atoms with E-state index in [0.29, 0.717) is 5.12 Å². The molecule has 0 aromatic rings. The number of carbonyl (C=O) groups is 4. The Morgan fingerprint density at radius 3 is 1.88 bits per heavy atom. The molecule has 17 heavy (non-hydrogen) atoms. The Kier molecular flexibility index (Phi) is 7.88. The summed E-state index contributed by atoms with van der Waals surface area (Å²) in [4.78, 5) is 42.7. The van der Waals surface area contributed by atoms with E-state index < -0.39 is 44.0 Å². The Labute approximate surface area is 106 Å². The van der Waals surface area contributed by atoms with E-state index in [0.717, 1.165) is 0 Å². The third kappa shape index (κ3) is 7.16. The molecule has 0 heterocycles. The molecule has 0 aliphatic carbocycles. The normalized spacial score (nSPS) is 9.94. The molecule has 0 fully saturated rings. The van der Waals surface area contributed by atoms with E-state index in [1.165, 1.54) is 0 Å². The number of carboxylic acid groups (broad SMARTS) is 2. The Balaban J connectivity index is 4.32. The Morgan fingerprint density at radius 2 is 1.47 bits per heavy atom. The van der Waals surface area contributed by atoms with Crippen molar-refractivity contribution in [1.29, 1.82) is 0 Å². The van der Waals surface area contributed by atoms with Gasteiger partial charge in [0, 0.05) is 0 Å². The quantitative estimate of drug-likeness (QED) is 0.432. The molecular weight excluding hydrogens is 353 g/mol. The van der Waals surface area contributed by atoms with Crippen molar-refractivity contribution in [3.05, 3.63) is 0 Å². The van der Waals surface area contributed by atoms with Crippen LogP contribution in [0, 0.1) is 0 Å². The fourth-order valence-corrected chi connectivity index (χ4v) is 12.4. The molecule has 0 atom stereocenters. The van der Waals surface area contributed by atoms with E-state index in [-0.39, 0.29) is 23.3 Å². The zero-order valence-corrected chi connectivity index (χ0v) is 13.0. The summed E-state index contributed by atoms with van der Waals surface area (Å²) in [6.07, 6.45) is -0.641. The van der Waals surface area contributed by atoms with Crippen LogP contribution < -0.4 is 0 Å². The first kappa shape index (κ1) is 16.2. The zero-order valence-electron chi connectivity index (χ0n) is 8.84. The number of aliphatic carboxylic acids is 2. The summed E-state index contributed by atoms with van der Waals surface area (Å²) in [6.45, 7) is 0. The van der Waals surface area contributed by atoms with E-state index in [1.54, 1.807) is 0 Å². The van der Waals surface area contributed by atoms with Crippen LogP contribution in [0.15, 0.2) is 0 Å². The van der Waals surface area contributed by atoms with Crippen LogP contribution in [0.1, 0.15) is 12.8 Å². The molecule has 0 aromatic carbocycles. The summed E-state index contributed by atoms with van der Waals surface area (Å²) in [5.41, 5.74) is 0. The van der Waals surface area contributed by atoms with Crippen molar-refractivity contribution in [1.82, 2.24) is 0 Å². The van der Waals surface area contributed by atoms with E-state index in [1.807, 2.05) is 0 Å². The molecule has 0 aliphatic rings. The summed E-state index contributed by atoms with van der Waals surface area (Å²) in [5, 5.41) is 17.0. The van der Waals surface area contributed by atoms with Gasteiger partial charge in [0.15, 0.2) is 0 Å². The predicted octanol–water partition coefficient (Wildman–Crippen LogP) is -0.0921. The first-order valence-corrected chi connectivity index (χ1v) is 11.8. The van der Waals surface area contributed by atoms with Gasteiger partial charge in [-0.1, -0.05) is 0 Å². The van der Waals surface area contributed by atoms with Gasteiger partial charge >= 0.3 is 106 Å². The minimum atomic E-state index is -3.39. The molecule has 0 saturated carbocycles. The molecule has 2 N–H and O–H groups in total. The molecule has 0 unspecified atom stereocenters. The molecule has 0 rings (SSSR count). The topological polar surface area (TPSA) is 126 Å². The molecule has 0 bridgehead atoms. The van der Waals surface area contributed by atoms with Gasteiger partial charge in [0.1, 0.15) is 0 Å². The van der Waals surface area contributed by atoms with Crippen LogP contribution in [-0.2, 0) is 18.2 Å². The van der Waals surface area contributed by atoms with Crippen LogP contribution in [0.5, 0.6) is 0 Å². The number of rotatable bonds is 9. The van der Waals surface area contributed by atoms with E-state index >= 15 is 0 Å². The summed E-state index contributed by atoms with van der Waals surface area (Å²) >= 11 is -6.29. The second-order valence-corrected chi connectivity index (χ2v) is 13.9. The Hall–Kier alpha value is -0.834. The number of carbonyl (C=O) groups excluding carboxylic acids is 2. The molecule has 9 heteroatoms. The van der Waals surface area contributed by atoms with Gasteiger partial charge in [-0.3, -0.25) is 0 Å². The van der Waals surface area contributed by atoms with Gasteiger partial charge in [0.25, 0.3) is 0 Å². The van der Waals surface area contributed by atoms with Gasteiger partial charge < -0.3 is 0 Å². The molecule has 0 amide bonds. The fraction of sp³-hybridized carbons (Fsp3) is 0.500. The third-order valence-corrected chi connectivity index (χ3v) is 14.4. The summed E-state index contributed by atoms with van der Waals surface area (Å²) < 4.78 is 10.9. The first-order chi connectivity index (χ1) is 7.88. The second-order valence-electron chi connectivity index (χ2n) is 3.18. The SMILES string of the molecule is O=[CH][Ge]([CH2]CC(=O)O)[C](=O)[Ge](=[O])[CH2]CC(=O)O. The monoisotopic (exact) mass is 367 g/mol. The van der Waals surface area contributed by atoms with Gasteiger partial charge in [0.2, 0.25) is 0 Å². The van der Waals surface area contributed by atoms with E-state index in [9.17, 15) is 23.0 Å². The van der Waals surface area contributed by atoms with Crippen molar-refractivity contribution in [2.24, 2.45) is 0 Å². The molecule has 0 saturated heterocycles. The molecule has 93 valence electrons. The number of carboxylic acids is 2. The van der Waals surface area contributed by atoms with Crippen molar-refractivity contribution in [3.63, 3.8) is 0 Å². The summed E-state index contributed by atoms with van der Waals surface area (Å²) in [6, 6.07) is 0. The van der Waals surface area contributed by atoms with Crippen molar-refractivity contribution in [2.45, 2.75) is 23.3 Å². The first-order valence-electron chi connectivity index (χ1n) is 4.70. The summed E-state index contributed by atoms with van der Waals surface area (Å²) in [7, 11) is 0. The molecule has 0 aliphatic heterocycles. The van der Waals surface area contributed by atoms with Crippen LogP contribution >= 0.6 is 0 Å². The molecule has 0 aromatic heterocycles. The second kappa shape index (κ2) is 8.28. The maximum absolute atomic E-state index is 11.5. The van der Waals surface area contributed by atoms with Crippen molar-refractivity contribution >= 4 is 49.1 Å². The van der Waals surface area contributed by atoms with Gasteiger partial charge in [-0.05, 0) is 0 Å². The Bertz CT molecular complexity index is 352. The molecule has 1 radical (unpaired) electrons. The zero-order chi connectivity index (χ0) is 13.4. The number of hydrogen-bond donors (Lipinski definition) is 2. The van der Waals surface area contributed by atoms with Gasteiger partial charge in [-0.2, -0.15) is 0 Å². The number of hydrogen-bond acceptors (Lipinski definition) is 5. The van der Waals surface area contributed by atoms with Crippen LogP contribution in [0.25, 0.3) is 0 Å².